The molecule has 11 heavy (non-hydrogen) atoms. The van der Waals surface area contributed by atoms with Crippen molar-refractivity contribution in [2.75, 3.05) is 6.54 Å². The molecule has 0 amide bonds. The van der Waals surface area contributed by atoms with E-state index in [2.05, 4.69) is 25.7 Å². The van der Waals surface area contributed by atoms with Crippen LogP contribution in [0.15, 0.2) is 12.3 Å². The van der Waals surface area contributed by atoms with Crippen molar-refractivity contribution in [3.05, 3.63) is 12.3 Å². The molecule has 1 rings (SSSR count). The molecular formula is C10H19N. The van der Waals surface area contributed by atoms with Crippen LogP contribution in [-0.4, -0.2) is 6.54 Å². The lowest BCUT2D eigenvalue weighted by atomic mass is 10.1. The van der Waals surface area contributed by atoms with E-state index in [0.29, 0.717) is 0 Å². The summed E-state index contributed by atoms with van der Waals surface area (Å²) in [6, 6.07) is 0. The molecule has 1 aliphatic carbocycles. The van der Waals surface area contributed by atoms with E-state index in [4.69, 9.17) is 0 Å². The summed E-state index contributed by atoms with van der Waals surface area (Å²) in [6.07, 6.45) is 3.97. The summed E-state index contributed by atoms with van der Waals surface area (Å²) in [4.78, 5) is 0. The van der Waals surface area contributed by atoms with Crippen LogP contribution in [0.2, 0.25) is 0 Å². The third-order valence-electron chi connectivity index (χ3n) is 2.14. The molecule has 0 atom stereocenters. The van der Waals surface area contributed by atoms with Gasteiger partial charge in [0.15, 0.2) is 0 Å². The van der Waals surface area contributed by atoms with E-state index in [1.54, 1.807) is 0 Å². The predicted octanol–water partition coefficient (Wildman–Crippen LogP) is 2.55. The maximum Gasteiger partial charge on any atom is 0.0146 e. The summed E-state index contributed by atoms with van der Waals surface area (Å²) >= 11 is 0. The maximum absolute atomic E-state index is 4.00. The molecule has 64 valence electrons. The van der Waals surface area contributed by atoms with Crippen LogP contribution in [0.3, 0.4) is 0 Å². The topological polar surface area (TPSA) is 12.0 Å². The fraction of sp³-hybridized carbons (Fsp3) is 0.800. The van der Waals surface area contributed by atoms with Gasteiger partial charge in [-0.3, -0.25) is 0 Å². The Morgan fingerprint density at radius 2 is 2.18 bits per heavy atom. The Bertz CT molecular complexity index is 134. The minimum absolute atomic E-state index is 0.800. The molecule has 0 aromatic rings. The highest BCUT2D eigenvalue weighted by Crippen LogP contribution is 2.33. The largest absolute Gasteiger partial charge is 0.389 e. The number of nitrogens with one attached hydrogen (secondary N) is 1. The van der Waals surface area contributed by atoms with Crippen LogP contribution in [0.25, 0.3) is 0 Å². The number of hydrogen-bond donors (Lipinski definition) is 1. The Labute approximate surface area is 69.9 Å². The molecule has 0 bridgehead atoms. The molecule has 0 radical (unpaired) electrons. The quantitative estimate of drug-likeness (QED) is 0.640. The maximum atomic E-state index is 4.00. The zero-order valence-electron chi connectivity index (χ0n) is 7.69. The van der Waals surface area contributed by atoms with Gasteiger partial charge in [-0.05, 0) is 31.1 Å². The van der Waals surface area contributed by atoms with E-state index < -0.39 is 0 Å². The first-order chi connectivity index (χ1) is 5.20. The Morgan fingerprint density at radius 1 is 1.55 bits per heavy atom. The van der Waals surface area contributed by atoms with Gasteiger partial charge in [0.2, 0.25) is 0 Å². The van der Waals surface area contributed by atoms with Gasteiger partial charge in [-0.1, -0.05) is 20.4 Å². The summed E-state index contributed by atoms with van der Waals surface area (Å²) in [6.45, 7) is 9.61. The van der Waals surface area contributed by atoms with Crippen molar-refractivity contribution in [1.82, 2.24) is 5.32 Å². The molecule has 0 saturated heterocycles. The molecule has 0 aromatic carbocycles. The number of rotatable bonds is 5. The Hall–Kier alpha value is -0.460. The van der Waals surface area contributed by atoms with Crippen LogP contribution in [0.5, 0.6) is 0 Å². The zero-order valence-corrected chi connectivity index (χ0v) is 7.69. The molecular weight excluding hydrogens is 134 g/mol. The summed E-state index contributed by atoms with van der Waals surface area (Å²) in [5.74, 6) is 1.61. The van der Waals surface area contributed by atoms with Gasteiger partial charge in [0.05, 0.1) is 0 Å². The molecule has 1 N–H and O–H groups in total. The lowest BCUT2D eigenvalue weighted by molar-refractivity contribution is 0.556. The van der Waals surface area contributed by atoms with Crippen LogP contribution in [-0.2, 0) is 0 Å². The van der Waals surface area contributed by atoms with E-state index in [-0.39, 0.29) is 0 Å². The summed E-state index contributed by atoms with van der Waals surface area (Å²) < 4.78 is 0. The number of allylic oxidation sites excluding steroid dienone is 1. The summed E-state index contributed by atoms with van der Waals surface area (Å²) in [7, 11) is 0. The van der Waals surface area contributed by atoms with Crippen molar-refractivity contribution in [2.45, 2.75) is 33.1 Å². The third kappa shape index (κ3) is 3.45. The van der Waals surface area contributed by atoms with Gasteiger partial charge in [0, 0.05) is 12.2 Å². The highest BCUT2D eigenvalue weighted by molar-refractivity contribution is 5.04. The Balaban J connectivity index is 1.97. The monoisotopic (exact) mass is 153 g/mol. The van der Waals surface area contributed by atoms with Crippen molar-refractivity contribution in [3.8, 4) is 0 Å². The summed E-state index contributed by atoms with van der Waals surface area (Å²) in [5, 5.41) is 3.38. The average Bonchev–Trinajstić information content (AvgIpc) is 2.66. The average molecular weight is 153 g/mol. The van der Waals surface area contributed by atoms with Crippen molar-refractivity contribution >= 4 is 0 Å². The van der Waals surface area contributed by atoms with Gasteiger partial charge >= 0.3 is 0 Å². The predicted molar refractivity (Wildman–Crippen MR) is 49.3 cm³/mol. The van der Waals surface area contributed by atoms with Crippen LogP contribution in [0.1, 0.15) is 33.1 Å². The first-order valence-electron chi connectivity index (χ1n) is 4.63. The molecule has 0 aliphatic heterocycles. The van der Waals surface area contributed by atoms with Gasteiger partial charge in [0.1, 0.15) is 0 Å². The zero-order chi connectivity index (χ0) is 8.27. The van der Waals surface area contributed by atoms with Crippen molar-refractivity contribution in [3.63, 3.8) is 0 Å². The summed E-state index contributed by atoms with van der Waals surface area (Å²) in [5.41, 5.74) is 1.27. The van der Waals surface area contributed by atoms with E-state index in [0.717, 1.165) is 18.4 Å². The van der Waals surface area contributed by atoms with Gasteiger partial charge in [-0.15, -0.1) is 0 Å². The Kier molecular flexibility index (Phi) is 2.98. The lowest BCUT2D eigenvalue weighted by Gasteiger charge is -2.09. The van der Waals surface area contributed by atoms with E-state index >= 15 is 0 Å². The second kappa shape index (κ2) is 3.80. The molecule has 1 fully saturated rings. The highest BCUT2D eigenvalue weighted by atomic mass is 14.9. The SMILES string of the molecule is C=C(NCCC(C)C)C1CC1. The van der Waals surface area contributed by atoms with Gasteiger partial charge in [-0.2, -0.15) is 0 Å². The molecule has 0 heterocycles. The second-order valence-electron chi connectivity index (χ2n) is 3.91. The first-order valence-corrected chi connectivity index (χ1v) is 4.63. The molecule has 0 unspecified atom stereocenters. The molecule has 1 nitrogen and oxygen atoms in total. The van der Waals surface area contributed by atoms with E-state index in [1.807, 2.05) is 0 Å². The van der Waals surface area contributed by atoms with Crippen LogP contribution >= 0.6 is 0 Å². The fourth-order valence-electron chi connectivity index (χ4n) is 1.10. The van der Waals surface area contributed by atoms with E-state index in [1.165, 1.54) is 25.0 Å². The standard InChI is InChI=1S/C10H19N/c1-8(2)6-7-11-9(3)10-4-5-10/h8,10-11H,3-7H2,1-2H3. The normalized spacial score (nSPS) is 17.0. The van der Waals surface area contributed by atoms with Crippen molar-refractivity contribution < 1.29 is 0 Å². The van der Waals surface area contributed by atoms with Gasteiger partial charge in [0.25, 0.3) is 0 Å². The lowest BCUT2D eigenvalue weighted by Crippen LogP contribution is -2.16. The van der Waals surface area contributed by atoms with Gasteiger partial charge < -0.3 is 5.32 Å². The minimum atomic E-state index is 0.800. The highest BCUT2D eigenvalue weighted by Gasteiger charge is 2.23. The number of hydrogen-bond acceptors (Lipinski definition) is 1. The molecule has 0 aromatic heterocycles. The van der Waals surface area contributed by atoms with Crippen LogP contribution in [0, 0.1) is 11.8 Å². The van der Waals surface area contributed by atoms with Crippen LogP contribution in [0.4, 0.5) is 0 Å². The molecule has 1 aliphatic rings. The first kappa shape index (κ1) is 8.63. The van der Waals surface area contributed by atoms with E-state index in [9.17, 15) is 0 Å². The molecule has 1 saturated carbocycles. The molecule has 0 spiro atoms. The van der Waals surface area contributed by atoms with Gasteiger partial charge in [-0.25, -0.2) is 0 Å². The third-order valence-corrected chi connectivity index (χ3v) is 2.14. The smallest absolute Gasteiger partial charge is 0.0146 e. The fourth-order valence-corrected chi connectivity index (χ4v) is 1.10. The molecule has 1 heteroatoms. The Morgan fingerprint density at radius 3 is 2.64 bits per heavy atom. The van der Waals surface area contributed by atoms with Crippen molar-refractivity contribution in [1.29, 1.82) is 0 Å². The minimum Gasteiger partial charge on any atom is -0.389 e. The van der Waals surface area contributed by atoms with Crippen LogP contribution < -0.4 is 5.32 Å². The van der Waals surface area contributed by atoms with Crippen molar-refractivity contribution in [2.24, 2.45) is 11.8 Å². The second-order valence-corrected chi connectivity index (χ2v) is 3.91.